The van der Waals surface area contributed by atoms with Crippen LogP contribution in [0.5, 0.6) is 5.88 Å². The lowest BCUT2D eigenvalue weighted by atomic mass is 10.1. The maximum Gasteiger partial charge on any atom is 0.345 e. The van der Waals surface area contributed by atoms with Gasteiger partial charge in [-0.3, -0.25) is 0 Å². The van der Waals surface area contributed by atoms with E-state index in [0.29, 0.717) is 20.9 Å². The summed E-state index contributed by atoms with van der Waals surface area (Å²) in [6, 6.07) is 8.91. The second-order valence-electron chi connectivity index (χ2n) is 5.41. The monoisotopic (exact) mass is 377 g/mol. The molecule has 0 spiro atoms. The predicted molar refractivity (Wildman–Crippen MR) is 92.7 cm³/mol. The lowest BCUT2D eigenvalue weighted by Crippen LogP contribution is -2.51. The molecular weight excluding hydrogens is 366 g/mol. The largest absolute Gasteiger partial charge is 0.842 e. The van der Waals surface area contributed by atoms with E-state index in [1.54, 1.807) is 34.5 Å². The number of fused-ring (bicyclic) bond motifs is 1. The summed E-state index contributed by atoms with van der Waals surface area (Å²) in [6.45, 7) is 0. The third-order valence-corrected chi connectivity index (χ3v) is 6.44. The van der Waals surface area contributed by atoms with Crippen LogP contribution in [-0.4, -0.2) is 15.3 Å². The number of thiazole rings is 1. The number of rotatable bonds is 2. The van der Waals surface area contributed by atoms with Gasteiger partial charge in [-0.2, -0.15) is 4.57 Å². The molecule has 0 radical (unpaired) electrons. The van der Waals surface area contributed by atoms with Gasteiger partial charge in [-0.15, -0.1) is 11.3 Å². The Balaban J connectivity index is 1.97. The minimum atomic E-state index is -0.270. The Bertz CT molecular complexity index is 985. The average Bonchev–Trinajstić information content (AvgIpc) is 3.20. The zero-order valence-corrected chi connectivity index (χ0v) is 15.0. The molecule has 1 aliphatic heterocycles. The van der Waals surface area contributed by atoms with Crippen molar-refractivity contribution in [3.05, 3.63) is 56.2 Å². The number of aromatic nitrogens is 3. The van der Waals surface area contributed by atoms with Crippen molar-refractivity contribution in [1.29, 1.82) is 0 Å². The summed E-state index contributed by atoms with van der Waals surface area (Å²) in [7, 11) is 1.70. The van der Waals surface area contributed by atoms with Crippen molar-refractivity contribution in [2.45, 2.75) is 11.2 Å². The second-order valence-corrected chi connectivity index (χ2v) is 8.04. The van der Waals surface area contributed by atoms with Gasteiger partial charge in [0, 0.05) is 6.20 Å². The first-order valence-corrected chi connectivity index (χ1v) is 9.41. The Labute approximate surface area is 151 Å². The minimum absolute atomic E-state index is 0.156. The lowest BCUT2D eigenvalue weighted by molar-refractivity contribution is -0.728. The molecule has 5 nitrogen and oxygen atoms in total. The molecule has 3 heterocycles. The zero-order chi connectivity index (χ0) is 16.8. The van der Waals surface area contributed by atoms with Gasteiger partial charge in [-0.1, -0.05) is 41.9 Å². The molecule has 1 aliphatic rings. The van der Waals surface area contributed by atoms with Crippen LogP contribution in [-0.2, 0) is 7.05 Å². The maximum atomic E-state index is 13.1. The molecule has 3 aromatic rings. The van der Waals surface area contributed by atoms with Crippen LogP contribution < -0.4 is 15.2 Å². The molecule has 1 aromatic carbocycles. The van der Waals surface area contributed by atoms with E-state index in [9.17, 15) is 9.90 Å². The molecule has 122 valence electrons. The van der Waals surface area contributed by atoms with Crippen molar-refractivity contribution >= 4 is 34.7 Å². The fourth-order valence-corrected chi connectivity index (χ4v) is 5.28. The Morgan fingerprint density at radius 3 is 2.79 bits per heavy atom. The van der Waals surface area contributed by atoms with Gasteiger partial charge in [0.1, 0.15) is 11.6 Å². The summed E-state index contributed by atoms with van der Waals surface area (Å²) in [6.07, 6.45) is 1.70. The summed E-state index contributed by atoms with van der Waals surface area (Å²) in [5.41, 5.74) is 0.564. The molecule has 0 bridgehead atoms. The van der Waals surface area contributed by atoms with Gasteiger partial charge in [0.25, 0.3) is 0 Å². The molecule has 4 rings (SSSR count). The third kappa shape index (κ3) is 2.35. The van der Waals surface area contributed by atoms with Crippen LogP contribution in [0, 0.1) is 0 Å². The lowest BCUT2D eigenvalue weighted by Gasteiger charge is -2.18. The minimum Gasteiger partial charge on any atom is -0.842 e. The highest BCUT2D eigenvalue weighted by atomic mass is 35.5. The van der Waals surface area contributed by atoms with E-state index >= 15 is 0 Å². The molecule has 0 fully saturated rings. The normalized spacial score (nSPS) is 16.3. The Morgan fingerprint density at radius 1 is 1.38 bits per heavy atom. The highest BCUT2D eigenvalue weighted by molar-refractivity contribution is 7.99. The number of benzene rings is 1. The number of hydrogen-bond acceptors (Lipinski definition) is 5. The number of nitrogens with zero attached hydrogens (tertiary/aromatic N) is 3. The first-order valence-electron chi connectivity index (χ1n) is 7.23. The van der Waals surface area contributed by atoms with E-state index < -0.39 is 0 Å². The molecule has 0 amide bonds. The smallest absolute Gasteiger partial charge is 0.345 e. The summed E-state index contributed by atoms with van der Waals surface area (Å²) in [5.74, 6) is 0.415. The van der Waals surface area contributed by atoms with Crippen LogP contribution in [0.25, 0.3) is 11.1 Å². The van der Waals surface area contributed by atoms with E-state index in [4.69, 9.17) is 11.6 Å². The first-order chi connectivity index (χ1) is 11.6. The Hall–Kier alpha value is -1.83. The van der Waals surface area contributed by atoms with Crippen molar-refractivity contribution in [1.82, 2.24) is 9.55 Å². The van der Waals surface area contributed by atoms with Crippen LogP contribution in [0.15, 0.2) is 46.5 Å². The van der Waals surface area contributed by atoms with Crippen molar-refractivity contribution in [2.75, 3.05) is 5.75 Å². The summed E-state index contributed by atoms with van der Waals surface area (Å²) < 4.78 is 3.69. The highest BCUT2D eigenvalue weighted by Crippen LogP contribution is 2.41. The Kier molecular flexibility index (Phi) is 3.86. The molecule has 0 unspecified atom stereocenters. The standard InChI is InChI=1S/C16H12ClN3O2S2/c1-19-13(21)12(9-5-3-2-4-6-9)14(22)20-10(8-23-16(19)20)11-7-18-15(17)24-11/h2-7,10H,8H2,1H3/t10-/m0/s1. The number of halogens is 1. The summed E-state index contributed by atoms with van der Waals surface area (Å²) in [4.78, 5) is 17.7. The van der Waals surface area contributed by atoms with E-state index in [2.05, 4.69) is 4.98 Å². The van der Waals surface area contributed by atoms with Crippen molar-refractivity contribution in [3.8, 4) is 17.0 Å². The molecule has 24 heavy (non-hydrogen) atoms. The SMILES string of the molecule is C[n+]1c2n(c([O-])c(-c3ccccc3)c1=O)[C@H](c1cnc(Cl)s1)CS2. The average molecular weight is 378 g/mol. The van der Waals surface area contributed by atoms with E-state index in [0.717, 1.165) is 4.88 Å². The molecule has 0 N–H and O–H groups in total. The summed E-state index contributed by atoms with van der Waals surface area (Å²) >= 11 is 8.81. The van der Waals surface area contributed by atoms with Gasteiger partial charge in [0.05, 0.1) is 23.6 Å². The van der Waals surface area contributed by atoms with Crippen molar-refractivity contribution in [2.24, 2.45) is 7.05 Å². The Morgan fingerprint density at radius 2 is 2.12 bits per heavy atom. The quantitative estimate of drug-likeness (QED) is 0.507. The van der Waals surface area contributed by atoms with Crippen LogP contribution in [0.4, 0.5) is 0 Å². The van der Waals surface area contributed by atoms with Crippen LogP contribution in [0.3, 0.4) is 0 Å². The van der Waals surface area contributed by atoms with Crippen LogP contribution >= 0.6 is 34.7 Å². The fourth-order valence-electron chi connectivity index (χ4n) is 2.86. The van der Waals surface area contributed by atoms with Gasteiger partial charge in [-0.05, 0) is 17.3 Å². The van der Waals surface area contributed by atoms with Crippen molar-refractivity contribution < 1.29 is 9.67 Å². The molecule has 0 aliphatic carbocycles. The molecule has 0 saturated carbocycles. The van der Waals surface area contributed by atoms with Crippen molar-refractivity contribution in [3.63, 3.8) is 0 Å². The molecule has 1 atom stereocenters. The highest BCUT2D eigenvalue weighted by Gasteiger charge is 2.36. The van der Waals surface area contributed by atoms with Gasteiger partial charge < -0.3 is 5.11 Å². The topological polar surface area (TPSA) is 61.8 Å². The van der Waals surface area contributed by atoms with Crippen LogP contribution in [0.1, 0.15) is 10.9 Å². The number of thioether (sulfide) groups is 1. The van der Waals surface area contributed by atoms with Gasteiger partial charge in [0.15, 0.2) is 4.47 Å². The van der Waals surface area contributed by atoms with Gasteiger partial charge in [0.2, 0.25) is 0 Å². The third-order valence-electron chi connectivity index (χ3n) is 4.01. The van der Waals surface area contributed by atoms with Crippen LogP contribution in [0.2, 0.25) is 4.47 Å². The molecule has 0 saturated heterocycles. The van der Waals surface area contributed by atoms with Gasteiger partial charge in [-0.25, -0.2) is 14.3 Å². The molecule has 8 heteroatoms. The second kappa shape index (κ2) is 5.91. The first kappa shape index (κ1) is 15.7. The van der Waals surface area contributed by atoms with Gasteiger partial charge >= 0.3 is 10.7 Å². The van der Waals surface area contributed by atoms with E-state index in [-0.39, 0.29) is 23.0 Å². The molecule has 2 aromatic heterocycles. The maximum absolute atomic E-state index is 13.1. The van der Waals surface area contributed by atoms with E-state index in [1.165, 1.54) is 23.1 Å². The zero-order valence-electron chi connectivity index (χ0n) is 12.6. The number of hydrogen-bond donors (Lipinski definition) is 0. The molecular formula is C16H12ClN3O2S2. The summed E-state index contributed by atoms with van der Waals surface area (Å²) in [5, 5.41) is 13.8. The fraction of sp³-hybridized carbons (Fsp3) is 0.188. The van der Waals surface area contributed by atoms with E-state index in [1.807, 2.05) is 18.2 Å². The predicted octanol–water partition coefficient (Wildman–Crippen LogP) is 2.22.